The minimum atomic E-state index is -3.54. The number of rotatable bonds is 5. The van der Waals surface area contributed by atoms with E-state index in [2.05, 4.69) is 0 Å². The maximum absolute atomic E-state index is 12.1. The molecule has 8 heteroatoms. The van der Waals surface area contributed by atoms with Gasteiger partial charge in [0.15, 0.2) is 0 Å². The number of nitrogen functional groups attached to an aromatic ring is 1. The maximum atomic E-state index is 12.1. The molecule has 0 bridgehead atoms. The Labute approximate surface area is 145 Å². The fraction of sp³-hybridized carbons (Fsp3) is 0.188. The van der Waals surface area contributed by atoms with Crippen LogP contribution in [0.3, 0.4) is 0 Å². The molecule has 6 nitrogen and oxygen atoms in total. The average Bonchev–Trinajstić information content (AvgIpc) is 2.55. The molecular formula is C16H17ClN2O4S. The second-order valence-electron chi connectivity index (χ2n) is 5.25. The van der Waals surface area contributed by atoms with Crippen LogP contribution >= 0.6 is 11.6 Å². The number of nitrogens with two attached hydrogens (primary N) is 1. The summed E-state index contributed by atoms with van der Waals surface area (Å²) in [4.78, 5) is 12.2. The van der Waals surface area contributed by atoms with Crippen LogP contribution in [0.2, 0.25) is 5.02 Å². The van der Waals surface area contributed by atoms with Crippen LogP contribution < -0.4 is 5.73 Å². The summed E-state index contributed by atoms with van der Waals surface area (Å²) in [6.45, 7) is -0.0574. The standard InChI is InChI=1S/C16H17ClN2O4S/c1-19(2)24(21,22)13-5-3-4-11(8-13)10-23-16(20)12-6-7-14(17)15(18)9-12/h3-9H,10,18H2,1-2H3. The van der Waals surface area contributed by atoms with E-state index in [1.54, 1.807) is 12.1 Å². The Kier molecular flexibility index (Phi) is 5.48. The molecule has 0 fully saturated rings. The van der Waals surface area contributed by atoms with Crippen molar-refractivity contribution in [3.05, 3.63) is 58.6 Å². The van der Waals surface area contributed by atoms with Crippen molar-refractivity contribution in [2.45, 2.75) is 11.5 Å². The van der Waals surface area contributed by atoms with Crippen molar-refractivity contribution in [3.8, 4) is 0 Å². The number of esters is 1. The first-order valence-corrected chi connectivity index (χ1v) is 8.77. The Morgan fingerprint density at radius 1 is 1.21 bits per heavy atom. The normalized spacial score (nSPS) is 11.5. The third kappa shape index (κ3) is 4.05. The summed E-state index contributed by atoms with van der Waals surface area (Å²) < 4.78 is 30.5. The molecule has 24 heavy (non-hydrogen) atoms. The molecule has 0 radical (unpaired) electrons. The number of carbonyl (C=O) groups excluding carboxylic acids is 1. The quantitative estimate of drug-likeness (QED) is 0.647. The number of hydrogen-bond donors (Lipinski definition) is 1. The largest absolute Gasteiger partial charge is 0.457 e. The topological polar surface area (TPSA) is 89.7 Å². The summed E-state index contributed by atoms with van der Waals surface area (Å²) in [5.41, 5.74) is 6.77. The maximum Gasteiger partial charge on any atom is 0.338 e. The van der Waals surface area contributed by atoms with Crippen LogP contribution in [0.15, 0.2) is 47.4 Å². The minimum absolute atomic E-state index is 0.0574. The molecule has 0 aliphatic rings. The van der Waals surface area contributed by atoms with Gasteiger partial charge < -0.3 is 10.5 Å². The van der Waals surface area contributed by atoms with Gasteiger partial charge in [-0.25, -0.2) is 17.5 Å². The van der Waals surface area contributed by atoms with Crippen LogP contribution in [0.1, 0.15) is 15.9 Å². The van der Waals surface area contributed by atoms with Crippen molar-refractivity contribution in [2.75, 3.05) is 19.8 Å². The third-order valence-electron chi connectivity index (χ3n) is 3.28. The zero-order valence-electron chi connectivity index (χ0n) is 13.2. The highest BCUT2D eigenvalue weighted by atomic mass is 35.5. The summed E-state index contributed by atoms with van der Waals surface area (Å²) in [5.74, 6) is -0.570. The molecule has 128 valence electrons. The number of halogens is 1. The molecule has 0 amide bonds. The third-order valence-corrected chi connectivity index (χ3v) is 5.43. The van der Waals surface area contributed by atoms with Gasteiger partial charge in [-0.1, -0.05) is 23.7 Å². The van der Waals surface area contributed by atoms with E-state index < -0.39 is 16.0 Å². The number of benzene rings is 2. The molecule has 0 unspecified atom stereocenters. The average molecular weight is 369 g/mol. The van der Waals surface area contributed by atoms with Crippen molar-refractivity contribution < 1.29 is 17.9 Å². The number of sulfonamides is 1. The fourth-order valence-corrected chi connectivity index (χ4v) is 3.00. The number of carbonyl (C=O) groups is 1. The van der Waals surface area contributed by atoms with Gasteiger partial charge in [-0.3, -0.25) is 0 Å². The summed E-state index contributed by atoms with van der Waals surface area (Å²) in [5, 5.41) is 0.355. The van der Waals surface area contributed by atoms with E-state index in [1.165, 1.54) is 44.4 Å². The van der Waals surface area contributed by atoms with Crippen LogP contribution in [-0.4, -0.2) is 32.8 Å². The molecule has 0 aromatic heterocycles. The highest BCUT2D eigenvalue weighted by Gasteiger charge is 2.17. The molecule has 2 aromatic rings. The highest BCUT2D eigenvalue weighted by molar-refractivity contribution is 7.89. The van der Waals surface area contributed by atoms with Gasteiger partial charge >= 0.3 is 5.97 Å². The Morgan fingerprint density at radius 3 is 2.54 bits per heavy atom. The Morgan fingerprint density at radius 2 is 1.92 bits per heavy atom. The van der Waals surface area contributed by atoms with Crippen molar-refractivity contribution in [2.24, 2.45) is 0 Å². The summed E-state index contributed by atoms with van der Waals surface area (Å²) >= 11 is 5.81. The first-order valence-electron chi connectivity index (χ1n) is 6.95. The van der Waals surface area contributed by atoms with Gasteiger partial charge in [-0.15, -0.1) is 0 Å². The van der Waals surface area contributed by atoms with E-state index in [0.29, 0.717) is 10.6 Å². The summed E-state index contributed by atoms with van der Waals surface area (Å²) in [7, 11) is -0.636. The molecule has 0 saturated heterocycles. The molecule has 0 saturated carbocycles. The molecule has 2 aromatic carbocycles. The van der Waals surface area contributed by atoms with Crippen LogP contribution in [0.5, 0.6) is 0 Å². The van der Waals surface area contributed by atoms with Crippen molar-refractivity contribution in [1.29, 1.82) is 0 Å². The van der Waals surface area contributed by atoms with Gasteiger partial charge in [0.05, 0.1) is 21.2 Å². The van der Waals surface area contributed by atoms with Gasteiger partial charge in [-0.2, -0.15) is 0 Å². The van der Waals surface area contributed by atoms with E-state index in [4.69, 9.17) is 22.1 Å². The molecule has 0 heterocycles. The van der Waals surface area contributed by atoms with Crippen molar-refractivity contribution in [1.82, 2.24) is 4.31 Å². The lowest BCUT2D eigenvalue weighted by atomic mass is 10.2. The summed E-state index contributed by atoms with van der Waals surface area (Å²) in [6, 6.07) is 10.7. The van der Waals surface area contributed by atoms with Gasteiger partial charge in [-0.05, 0) is 35.9 Å². The summed E-state index contributed by atoms with van der Waals surface area (Å²) in [6.07, 6.45) is 0. The van der Waals surface area contributed by atoms with Gasteiger partial charge in [0.25, 0.3) is 0 Å². The number of hydrogen-bond acceptors (Lipinski definition) is 5. The zero-order valence-corrected chi connectivity index (χ0v) is 14.8. The predicted octanol–water partition coefficient (Wildman–Crippen LogP) is 2.53. The molecule has 0 aliphatic carbocycles. The fourth-order valence-electron chi connectivity index (χ4n) is 1.91. The smallest absolute Gasteiger partial charge is 0.338 e. The van der Waals surface area contributed by atoms with E-state index in [1.807, 2.05) is 0 Å². The molecule has 0 aliphatic heterocycles. The number of ether oxygens (including phenoxy) is 1. The molecular weight excluding hydrogens is 352 g/mol. The predicted molar refractivity (Wildman–Crippen MR) is 92.3 cm³/mol. The van der Waals surface area contributed by atoms with Crippen LogP contribution in [-0.2, 0) is 21.4 Å². The minimum Gasteiger partial charge on any atom is -0.457 e. The lowest BCUT2D eigenvalue weighted by Gasteiger charge is -2.12. The van der Waals surface area contributed by atoms with Gasteiger partial charge in [0, 0.05) is 14.1 Å². The Bertz CT molecular complexity index is 866. The van der Waals surface area contributed by atoms with Gasteiger partial charge in [0.2, 0.25) is 10.0 Å². The van der Waals surface area contributed by atoms with Crippen molar-refractivity contribution in [3.63, 3.8) is 0 Å². The monoisotopic (exact) mass is 368 g/mol. The number of nitrogens with zero attached hydrogens (tertiary/aromatic N) is 1. The van der Waals surface area contributed by atoms with E-state index >= 15 is 0 Å². The second-order valence-corrected chi connectivity index (χ2v) is 7.81. The number of anilines is 1. The Hall–Kier alpha value is -2.09. The van der Waals surface area contributed by atoms with Crippen molar-refractivity contribution >= 4 is 33.3 Å². The molecule has 2 rings (SSSR count). The first-order chi connectivity index (χ1) is 11.2. The lowest BCUT2D eigenvalue weighted by Crippen LogP contribution is -2.22. The van der Waals surface area contributed by atoms with E-state index in [-0.39, 0.29) is 22.8 Å². The van der Waals surface area contributed by atoms with Crippen LogP contribution in [0.4, 0.5) is 5.69 Å². The van der Waals surface area contributed by atoms with Gasteiger partial charge in [0.1, 0.15) is 6.61 Å². The Balaban J connectivity index is 2.12. The lowest BCUT2D eigenvalue weighted by molar-refractivity contribution is 0.0472. The SMILES string of the molecule is CN(C)S(=O)(=O)c1cccc(COC(=O)c2ccc(Cl)c(N)c2)c1. The van der Waals surface area contributed by atoms with Crippen LogP contribution in [0.25, 0.3) is 0 Å². The first kappa shape index (κ1) is 18.3. The molecule has 0 spiro atoms. The van der Waals surface area contributed by atoms with E-state index in [9.17, 15) is 13.2 Å². The van der Waals surface area contributed by atoms with Crippen LogP contribution in [0, 0.1) is 0 Å². The zero-order chi connectivity index (χ0) is 17.9. The second kappa shape index (κ2) is 7.21. The van der Waals surface area contributed by atoms with E-state index in [0.717, 1.165) is 4.31 Å². The highest BCUT2D eigenvalue weighted by Crippen LogP contribution is 2.20. The molecule has 0 atom stereocenters. The molecule has 2 N–H and O–H groups in total.